The number of hydrogen-bond acceptors (Lipinski definition) is 3. The number of amides is 1. The van der Waals surface area contributed by atoms with Crippen molar-refractivity contribution in [3.8, 4) is 0 Å². The lowest BCUT2D eigenvalue weighted by atomic mass is 10.1. The van der Waals surface area contributed by atoms with E-state index >= 15 is 0 Å². The van der Waals surface area contributed by atoms with Gasteiger partial charge in [0.1, 0.15) is 0 Å². The predicted molar refractivity (Wildman–Crippen MR) is 52.0 cm³/mol. The number of hydrogen-bond donors (Lipinski definition) is 3. The van der Waals surface area contributed by atoms with Gasteiger partial charge in [-0.25, -0.2) is 0 Å². The van der Waals surface area contributed by atoms with E-state index in [-0.39, 0.29) is 11.9 Å². The molecule has 0 aromatic rings. The smallest absolute Gasteiger partial charge is 0.221 e. The van der Waals surface area contributed by atoms with Crippen molar-refractivity contribution in [3.63, 3.8) is 0 Å². The summed E-state index contributed by atoms with van der Waals surface area (Å²) in [5.74, 6) is 0.660. The van der Waals surface area contributed by atoms with Crippen molar-refractivity contribution in [1.29, 1.82) is 0 Å². The molecule has 0 radical (unpaired) electrons. The van der Waals surface area contributed by atoms with E-state index < -0.39 is 0 Å². The van der Waals surface area contributed by atoms with Gasteiger partial charge in [-0.15, -0.1) is 0 Å². The maximum atomic E-state index is 11.2. The zero-order valence-electron chi connectivity index (χ0n) is 7.96. The van der Waals surface area contributed by atoms with Crippen molar-refractivity contribution in [2.45, 2.75) is 31.7 Å². The maximum absolute atomic E-state index is 11.2. The van der Waals surface area contributed by atoms with Crippen molar-refractivity contribution in [2.75, 3.05) is 13.1 Å². The van der Waals surface area contributed by atoms with Gasteiger partial charge in [0.15, 0.2) is 0 Å². The third kappa shape index (κ3) is 4.24. The topological polar surface area (TPSA) is 81.1 Å². The molecule has 1 aliphatic carbocycles. The van der Waals surface area contributed by atoms with E-state index in [1.165, 1.54) is 12.8 Å². The molecule has 1 atom stereocenters. The van der Waals surface area contributed by atoms with Gasteiger partial charge in [0.2, 0.25) is 5.91 Å². The summed E-state index contributed by atoms with van der Waals surface area (Å²) in [6.07, 6.45) is 3.69. The second kappa shape index (κ2) is 5.19. The van der Waals surface area contributed by atoms with Gasteiger partial charge in [0.05, 0.1) is 0 Å². The molecule has 0 bridgehead atoms. The highest BCUT2D eigenvalue weighted by Gasteiger charge is 2.29. The van der Waals surface area contributed by atoms with Crippen molar-refractivity contribution in [3.05, 3.63) is 0 Å². The molecule has 0 aromatic carbocycles. The average Bonchev–Trinajstić information content (AvgIpc) is 2.86. The number of nitrogens with two attached hydrogens (primary N) is 2. The third-order valence-electron chi connectivity index (χ3n) is 2.35. The number of carbonyl (C=O) groups is 1. The summed E-state index contributed by atoms with van der Waals surface area (Å²) in [6.45, 7) is 1.29. The fourth-order valence-corrected chi connectivity index (χ4v) is 1.31. The Hall–Kier alpha value is -0.610. The highest BCUT2D eigenvalue weighted by atomic mass is 16.1. The van der Waals surface area contributed by atoms with Crippen LogP contribution >= 0.6 is 0 Å². The van der Waals surface area contributed by atoms with Crippen molar-refractivity contribution in [2.24, 2.45) is 17.4 Å². The highest BCUT2D eigenvalue weighted by Crippen LogP contribution is 2.32. The normalized spacial score (nSPS) is 18.3. The Kier molecular flexibility index (Phi) is 4.18. The fraction of sp³-hybridized carbons (Fsp3) is 0.889. The molecule has 1 aliphatic rings. The average molecular weight is 185 g/mol. The molecule has 0 aromatic heterocycles. The summed E-state index contributed by atoms with van der Waals surface area (Å²) in [7, 11) is 0. The zero-order chi connectivity index (χ0) is 9.68. The van der Waals surface area contributed by atoms with Crippen molar-refractivity contribution < 1.29 is 4.79 Å². The summed E-state index contributed by atoms with van der Waals surface area (Å²) in [5, 5.41) is 2.80. The van der Waals surface area contributed by atoms with Crippen molar-refractivity contribution >= 4 is 5.91 Å². The van der Waals surface area contributed by atoms with Gasteiger partial charge in [-0.3, -0.25) is 4.79 Å². The lowest BCUT2D eigenvalue weighted by Crippen LogP contribution is -2.33. The first-order valence-corrected chi connectivity index (χ1v) is 4.96. The van der Waals surface area contributed by atoms with Crippen LogP contribution in [0.5, 0.6) is 0 Å². The Labute approximate surface area is 79.0 Å². The monoisotopic (exact) mass is 185 g/mol. The predicted octanol–water partition coefficient (Wildman–Crippen LogP) is -0.421. The van der Waals surface area contributed by atoms with Gasteiger partial charge in [0, 0.05) is 19.0 Å². The fourth-order valence-electron chi connectivity index (χ4n) is 1.31. The molecule has 76 valence electrons. The quantitative estimate of drug-likeness (QED) is 0.491. The summed E-state index contributed by atoms with van der Waals surface area (Å²) in [5.41, 5.74) is 11.1. The molecule has 13 heavy (non-hydrogen) atoms. The van der Waals surface area contributed by atoms with Gasteiger partial charge in [-0.2, -0.15) is 0 Å². The molecular formula is C9H19N3O. The Bertz CT molecular complexity index is 168. The second-order valence-corrected chi connectivity index (χ2v) is 3.70. The van der Waals surface area contributed by atoms with E-state index in [1.54, 1.807) is 0 Å². The highest BCUT2D eigenvalue weighted by molar-refractivity contribution is 5.76. The first-order valence-electron chi connectivity index (χ1n) is 4.96. The molecule has 0 aliphatic heterocycles. The van der Waals surface area contributed by atoms with Gasteiger partial charge in [-0.05, 0) is 31.7 Å². The molecule has 4 heteroatoms. The van der Waals surface area contributed by atoms with E-state index in [2.05, 4.69) is 5.32 Å². The minimum atomic E-state index is 0.0628. The molecule has 1 unspecified atom stereocenters. The first kappa shape index (κ1) is 10.5. The molecule has 0 heterocycles. The Morgan fingerprint density at radius 2 is 2.23 bits per heavy atom. The number of rotatable bonds is 6. The van der Waals surface area contributed by atoms with Gasteiger partial charge < -0.3 is 16.8 Å². The molecular weight excluding hydrogens is 166 g/mol. The van der Waals surface area contributed by atoms with Crippen LogP contribution in [0.3, 0.4) is 0 Å². The Morgan fingerprint density at radius 1 is 1.54 bits per heavy atom. The molecule has 1 amide bonds. The van der Waals surface area contributed by atoms with Gasteiger partial charge >= 0.3 is 0 Å². The summed E-state index contributed by atoms with van der Waals surface area (Å²) in [6, 6.07) is 0.0675. The van der Waals surface area contributed by atoms with Gasteiger partial charge in [0.25, 0.3) is 0 Å². The maximum Gasteiger partial charge on any atom is 0.221 e. The van der Waals surface area contributed by atoms with E-state index in [1.807, 2.05) is 0 Å². The Balaban J connectivity index is 2.02. The summed E-state index contributed by atoms with van der Waals surface area (Å²) in [4.78, 5) is 11.2. The molecule has 0 spiro atoms. The lowest BCUT2D eigenvalue weighted by molar-refractivity contribution is -0.121. The van der Waals surface area contributed by atoms with Crippen LogP contribution in [0.4, 0.5) is 0 Å². The van der Waals surface area contributed by atoms with Crippen LogP contribution in [0.2, 0.25) is 0 Å². The van der Waals surface area contributed by atoms with Crippen LogP contribution < -0.4 is 16.8 Å². The minimum Gasteiger partial charge on any atom is -0.356 e. The lowest BCUT2D eigenvalue weighted by Gasteiger charge is -2.09. The van der Waals surface area contributed by atoms with E-state index in [9.17, 15) is 4.79 Å². The molecule has 4 nitrogen and oxygen atoms in total. The van der Waals surface area contributed by atoms with E-state index in [0.717, 1.165) is 6.42 Å². The van der Waals surface area contributed by atoms with Crippen molar-refractivity contribution in [1.82, 2.24) is 5.32 Å². The van der Waals surface area contributed by atoms with E-state index in [0.29, 0.717) is 25.4 Å². The number of carbonyl (C=O) groups excluding carboxylic acids is 1. The standard InChI is InChI=1S/C9H19N3O/c10-4-1-5-12-9(13)6-8(11)7-2-3-7/h7-8H,1-6,10-11H2,(H,12,13). The minimum absolute atomic E-state index is 0.0628. The van der Waals surface area contributed by atoms with Crippen LogP contribution in [0, 0.1) is 5.92 Å². The molecule has 1 fully saturated rings. The Morgan fingerprint density at radius 3 is 2.77 bits per heavy atom. The molecule has 1 rings (SSSR count). The van der Waals surface area contributed by atoms with Crippen LogP contribution in [0.25, 0.3) is 0 Å². The van der Waals surface area contributed by atoms with E-state index in [4.69, 9.17) is 11.5 Å². The SMILES string of the molecule is NCCCNC(=O)CC(N)C1CC1. The molecule has 0 saturated heterocycles. The molecule has 5 N–H and O–H groups in total. The van der Waals surface area contributed by atoms with Crippen LogP contribution in [-0.2, 0) is 4.79 Å². The number of nitrogens with one attached hydrogen (secondary N) is 1. The summed E-state index contributed by atoms with van der Waals surface area (Å²) < 4.78 is 0. The van der Waals surface area contributed by atoms with Crippen LogP contribution in [0.1, 0.15) is 25.7 Å². The van der Waals surface area contributed by atoms with Crippen LogP contribution in [-0.4, -0.2) is 25.0 Å². The van der Waals surface area contributed by atoms with Gasteiger partial charge in [-0.1, -0.05) is 0 Å². The third-order valence-corrected chi connectivity index (χ3v) is 2.35. The van der Waals surface area contributed by atoms with Crippen LogP contribution in [0.15, 0.2) is 0 Å². The summed E-state index contributed by atoms with van der Waals surface area (Å²) >= 11 is 0. The second-order valence-electron chi connectivity index (χ2n) is 3.70. The molecule has 1 saturated carbocycles. The largest absolute Gasteiger partial charge is 0.356 e. The first-order chi connectivity index (χ1) is 6.24. The zero-order valence-corrected chi connectivity index (χ0v) is 7.96.